The van der Waals surface area contributed by atoms with E-state index < -0.39 is 0 Å². The summed E-state index contributed by atoms with van der Waals surface area (Å²) in [5, 5.41) is 2.99. The van der Waals surface area contributed by atoms with E-state index in [1.54, 1.807) is 0 Å². The fraction of sp³-hybridized carbons (Fsp3) is 0.143. The van der Waals surface area contributed by atoms with Gasteiger partial charge in [-0.2, -0.15) is 0 Å². The fourth-order valence-electron chi connectivity index (χ4n) is 0.863. The Labute approximate surface area is 60.0 Å². The molecule has 0 aliphatic carbocycles. The van der Waals surface area contributed by atoms with E-state index >= 15 is 0 Å². The quantitative estimate of drug-likeness (QED) is 0.485. The molecule has 0 saturated heterocycles. The molecule has 3 heteroatoms. The third-order valence-electron chi connectivity index (χ3n) is 1.30. The van der Waals surface area contributed by atoms with Crippen molar-refractivity contribution in [3.05, 3.63) is 18.2 Å². The van der Waals surface area contributed by atoms with Gasteiger partial charge in [-0.05, 0) is 6.07 Å². The molecule has 0 amide bonds. The van der Waals surface area contributed by atoms with Crippen LogP contribution in [0.1, 0.15) is 0 Å². The summed E-state index contributed by atoms with van der Waals surface area (Å²) in [6, 6.07) is 5.64. The number of benzene rings is 1. The summed E-state index contributed by atoms with van der Waals surface area (Å²) in [6.07, 6.45) is 0. The topological polar surface area (TPSA) is 65.7 Å². The van der Waals surface area contributed by atoms with Crippen LogP contribution in [-0.4, -0.2) is 7.05 Å². The number of anilines is 2. The minimum absolute atomic E-state index is 0.747. The highest BCUT2D eigenvalue weighted by atomic mass is 14.8. The maximum Gasteiger partial charge on any atom is 0.132 e. The highest BCUT2D eigenvalue weighted by Gasteiger charge is 1.94. The first kappa shape index (κ1) is 6.89. The minimum atomic E-state index is 0.747. The molecule has 0 unspecified atom stereocenters. The lowest BCUT2D eigenvalue weighted by atomic mass is 10.2. The smallest absolute Gasteiger partial charge is 0.132 e. The van der Waals surface area contributed by atoms with Crippen LogP contribution in [-0.2, 0) is 0 Å². The molecule has 0 aliphatic heterocycles. The number of rotatable bonds is 1. The first-order valence-electron chi connectivity index (χ1n) is 3.12. The van der Waals surface area contributed by atoms with Gasteiger partial charge in [0.15, 0.2) is 0 Å². The van der Waals surface area contributed by atoms with Crippen LogP contribution in [0.15, 0.2) is 18.2 Å². The van der Waals surface area contributed by atoms with Gasteiger partial charge in [-0.3, -0.25) is 0 Å². The second-order valence-corrected chi connectivity index (χ2v) is 2.21. The van der Waals surface area contributed by atoms with Gasteiger partial charge in [0.25, 0.3) is 0 Å². The molecule has 10 heavy (non-hydrogen) atoms. The van der Waals surface area contributed by atoms with Gasteiger partial charge in [0, 0.05) is 30.6 Å². The molecule has 0 bridgehead atoms. The van der Waals surface area contributed by atoms with Gasteiger partial charge in [-0.25, -0.2) is 0 Å². The highest BCUT2D eigenvalue weighted by Crippen LogP contribution is 2.15. The summed E-state index contributed by atoms with van der Waals surface area (Å²) in [6.45, 7) is 0. The van der Waals surface area contributed by atoms with Gasteiger partial charge in [0.1, 0.15) is 5.69 Å². The van der Waals surface area contributed by atoms with Crippen molar-refractivity contribution in [1.29, 1.82) is 0 Å². The molecule has 0 heterocycles. The predicted octanol–water partition coefficient (Wildman–Crippen LogP) is 0.184. The van der Waals surface area contributed by atoms with Gasteiger partial charge < -0.3 is 16.8 Å². The molecule has 0 fully saturated rings. The van der Waals surface area contributed by atoms with E-state index in [9.17, 15) is 0 Å². The minimum Gasteiger partial charge on any atom is -0.398 e. The van der Waals surface area contributed by atoms with Crippen LogP contribution < -0.4 is 16.8 Å². The summed E-state index contributed by atoms with van der Waals surface area (Å²) in [4.78, 5) is 0. The van der Waals surface area contributed by atoms with E-state index in [0.717, 1.165) is 17.1 Å². The molecule has 0 aliphatic rings. The van der Waals surface area contributed by atoms with Crippen molar-refractivity contribution >= 4 is 17.1 Å². The molecule has 1 rings (SSSR count). The first-order valence-corrected chi connectivity index (χ1v) is 3.12. The average molecular weight is 138 g/mol. The molecular formula is C7H12N3+. The zero-order chi connectivity index (χ0) is 7.56. The molecule has 6 N–H and O–H groups in total. The fourth-order valence-corrected chi connectivity index (χ4v) is 0.863. The average Bonchev–Trinajstić information content (AvgIpc) is 1.85. The van der Waals surface area contributed by atoms with Crippen LogP contribution >= 0.6 is 0 Å². The van der Waals surface area contributed by atoms with E-state index in [4.69, 9.17) is 5.73 Å². The zero-order valence-electron chi connectivity index (χ0n) is 6.02. The Balaban J connectivity index is 3.06. The number of nitrogens with one attached hydrogen (secondary N) is 1. The number of nitrogen functional groups attached to an aromatic ring is 1. The molecule has 0 radical (unpaired) electrons. The second kappa shape index (κ2) is 2.58. The van der Waals surface area contributed by atoms with Crippen LogP contribution in [0.3, 0.4) is 0 Å². The lowest BCUT2D eigenvalue weighted by Crippen LogP contribution is -2.40. The third kappa shape index (κ3) is 1.39. The third-order valence-corrected chi connectivity index (χ3v) is 1.30. The van der Waals surface area contributed by atoms with Crippen LogP contribution in [0.2, 0.25) is 0 Å². The summed E-state index contributed by atoms with van der Waals surface area (Å²) >= 11 is 0. The molecule has 0 atom stereocenters. The summed E-state index contributed by atoms with van der Waals surface area (Å²) < 4.78 is 0. The van der Waals surface area contributed by atoms with E-state index in [2.05, 4.69) is 11.1 Å². The Morgan fingerprint density at radius 3 is 2.60 bits per heavy atom. The normalized spacial score (nSPS) is 9.40. The molecule has 0 saturated carbocycles. The van der Waals surface area contributed by atoms with E-state index in [1.165, 1.54) is 0 Å². The Hall–Kier alpha value is -1.22. The molecule has 1 aromatic rings. The monoisotopic (exact) mass is 138 g/mol. The zero-order valence-corrected chi connectivity index (χ0v) is 6.02. The maximum atomic E-state index is 5.56. The first-order chi connectivity index (χ1) is 4.72. The molecular weight excluding hydrogens is 126 g/mol. The van der Waals surface area contributed by atoms with Crippen molar-refractivity contribution in [3.8, 4) is 0 Å². The summed E-state index contributed by atoms with van der Waals surface area (Å²) in [5.74, 6) is 0. The number of nitrogens with two attached hydrogens (primary N) is 1. The van der Waals surface area contributed by atoms with E-state index in [0.29, 0.717) is 0 Å². The lowest BCUT2D eigenvalue weighted by Gasteiger charge is -2.00. The molecule has 0 aromatic heterocycles. The van der Waals surface area contributed by atoms with Crippen LogP contribution in [0.4, 0.5) is 17.1 Å². The van der Waals surface area contributed by atoms with Crippen LogP contribution in [0.5, 0.6) is 0 Å². The van der Waals surface area contributed by atoms with Gasteiger partial charge in [-0.15, -0.1) is 0 Å². The Morgan fingerprint density at radius 2 is 2.10 bits per heavy atom. The number of quaternary nitrogens is 1. The van der Waals surface area contributed by atoms with Crippen molar-refractivity contribution in [2.75, 3.05) is 18.1 Å². The maximum absolute atomic E-state index is 5.56. The van der Waals surface area contributed by atoms with Crippen molar-refractivity contribution in [3.63, 3.8) is 0 Å². The summed E-state index contributed by atoms with van der Waals surface area (Å²) in [7, 11) is 1.86. The van der Waals surface area contributed by atoms with Crippen molar-refractivity contribution in [2.24, 2.45) is 0 Å². The van der Waals surface area contributed by atoms with Gasteiger partial charge in [0.05, 0.1) is 0 Å². The molecule has 1 aromatic carbocycles. The standard InChI is InChI=1S/C7H11N3/c1-10-7-3-5(8)2-6(9)4-7/h2-4,10H,8-9H2,1H3/p+1. The number of hydrogen-bond acceptors (Lipinski definition) is 2. The Morgan fingerprint density at radius 1 is 1.40 bits per heavy atom. The Bertz CT molecular complexity index is 212. The van der Waals surface area contributed by atoms with E-state index in [-0.39, 0.29) is 0 Å². The van der Waals surface area contributed by atoms with Crippen LogP contribution in [0, 0.1) is 0 Å². The highest BCUT2D eigenvalue weighted by molar-refractivity contribution is 5.60. The van der Waals surface area contributed by atoms with Crippen LogP contribution in [0.25, 0.3) is 0 Å². The predicted molar refractivity (Wildman–Crippen MR) is 42.9 cm³/mol. The van der Waals surface area contributed by atoms with E-state index in [1.807, 2.05) is 25.2 Å². The largest absolute Gasteiger partial charge is 0.398 e. The van der Waals surface area contributed by atoms with Gasteiger partial charge >= 0.3 is 0 Å². The number of hydrogen-bond donors (Lipinski definition) is 3. The van der Waals surface area contributed by atoms with Gasteiger partial charge in [-0.1, -0.05) is 0 Å². The molecule has 54 valence electrons. The summed E-state index contributed by atoms with van der Waals surface area (Å²) in [5.41, 5.74) is 12.0. The SMILES string of the molecule is CNc1cc(N)cc([NH3+])c1. The molecule has 3 nitrogen and oxygen atoms in total. The van der Waals surface area contributed by atoms with Crippen molar-refractivity contribution in [1.82, 2.24) is 0 Å². The lowest BCUT2D eigenvalue weighted by molar-refractivity contribution is -0.254. The second-order valence-electron chi connectivity index (χ2n) is 2.21. The van der Waals surface area contributed by atoms with Crippen molar-refractivity contribution < 1.29 is 5.73 Å². The Kier molecular flexibility index (Phi) is 1.78. The molecule has 0 spiro atoms. The van der Waals surface area contributed by atoms with Gasteiger partial charge in [0.2, 0.25) is 0 Å². The van der Waals surface area contributed by atoms with Crippen molar-refractivity contribution in [2.45, 2.75) is 0 Å².